The van der Waals surface area contributed by atoms with Gasteiger partial charge in [0.2, 0.25) is 0 Å². The highest BCUT2D eigenvalue weighted by atomic mass is 19.4. The Hall–Kier alpha value is -2.74. The van der Waals surface area contributed by atoms with Crippen LogP contribution in [-0.4, -0.2) is 26.0 Å². The van der Waals surface area contributed by atoms with Crippen molar-refractivity contribution in [1.29, 1.82) is 0 Å². The molecule has 0 aliphatic heterocycles. The average Bonchev–Trinajstić information content (AvgIpc) is 2.57. The van der Waals surface area contributed by atoms with E-state index in [1.165, 1.54) is 12.1 Å². The van der Waals surface area contributed by atoms with Crippen molar-refractivity contribution >= 4 is 11.6 Å². The quantitative estimate of drug-likeness (QED) is 0.578. The highest BCUT2D eigenvalue weighted by molar-refractivity contribution is 5.92. The second-order valence-electron chi connectivity index (χ2n) is 5.39. The van der Waals surface area contributed by atoms with Crippen LogP contribution in [0.25, 0.3) is 0 Å². The number of ether oxygens (including phenoxy) is 2. The zero-order valence-electron chi connectivity index (χ0n) is 14.2. The first-order valence-electron chi connectivity index (χ1n) is 7.86. The van der Waals surface area contributed by atoms with Gasteiger partial charge in [-0.15, -0.1) is 13.2 Å². The number of nitrogens with two attached hydrogens (primary N) is 1. The van der Waals surface area contributed by atoms with Crippen LogP contribution in [0.4, 0.5) is 18.9 Å². The first kappa shape index (κ1) is 19.6. The molecule has 140 valence electrons. The predicted molar refractivity (Wildman–Crippen MR) is 94.1 cm³/mol. The molecule has 0 saturated heterocycles. The van der Waals surface area contributed by atoms with E-state index in [0.717, 1.165) is 11.3 Å². The van der Waals surface area contributed by atoms with Crippen molar-refractivity contribution in [1.82, 2.24) is 0 Å². The van der Waals surface area contributed by atoms with E-state index in [1.54, 1.807) is 19.2 Å². The van der Waals surface area contributed by atoms with Crippen LogP contribution >= 0.6 is 0 Å². The van der Waals surface area contributed by atoms with Gasteiger partial charge in [0.15, 0.2) is 5.96 Å². The fourth-order valence-corrected chi connectivity index (χ4v) is 2.33. The molecule has 0 saturated carbocycles. The Labute approximate surface area is 149 Å². The average molecular weight is 367 g/mol. The Bertz CT molecular complexity index is 748. The lowest BCUT2D eigenvalue weighted by atomic mass is 10.1. The summed E-state index contributed by atoms with van der Waals surface area (Å²) in [6.07, 6.45) is -4.47. The second kappa shape index (κ2) is 9.10. The Morgan fingerprint density at radius 3 is 2.42 bits per heavy atom. The largest absolute Gasteiger partial charge is 0.573 e. The number of methoxy groups -OCH3 is 1. The van der Waals surface area contributed by atoms with Gasteiger partial charge in [-0.2, -0.15) is 0 Å². The third-order valence-corrected chi connectivity index (χ3v) is 3.44. The molecule has 26 heavy (non-hydrogen) atoms. The number of hydrogen-bond acceptors (Lipinski definition) is 3. The van der Waals surface area contributed by atoms with Crippen molar-refractivity contribution in [2.45, 2.75) is 19.4 Å². The number of halogens is 3. The first-order chi connectivity index (χ1) is 12.4. The molecule has 0 aromatic heterocycles. The van der Waals surface area contributed by atoms with Crippen LogP contribution in [0.3, 0.4) is 0 Å². The van der Waals surface area contributed by atoms with Crippen LogP contribution < -0.4 is 15.8 Å². The molecule has 0 radical (unpaired) electrons. The Morgan fingerprint density at radius 2 is 1.73 bits per heavy atom. The predicted octanol–water partition coefficient (Wildman–Crippen LogP) is 3.70. The van der Waals surface area contributed by atoms with E-state index in [-0.39, 0.29) is 24.7 Å². The molecular formula is C18H20F3N3O2. The van der Waals surface area contributed by atoms with Crippen LogP contribution in [0.15, 0.2) is 53.5 Å². The van der Waals surface area contributed by atoms with Crippen LogP contribution in [-0.2, 0) is 17.8 Å². The van der Waals surface area contributed by atoms with Crippen LogP contribution in [0.5, 0.6) is 5.75 Å². The van der Waals surface area contributed by atoms with E-state index in [2.05, 4.69) is 15.0 Å². The minimum absolute atomic E-state index is 0.169. The second-order valence-corrected chi connectivity index (χ2v) is 5.39. The lowest BCUT2D eigenvalue weighted by molar-refractivity contribution is -0.274. The number of nitrogens with zero attached hydrogens (tertiary/aromatic N) is 1. The highest BCUT2D eigenvalue weighted by Crippen LogP contribution is 2.26. The normalized spacial score (nSPS) is 12.1. The molecule has 0 aliphatic carbocycles. The zero-order valence-corrected chi connectivity index (χ0v) is 14.2. The van der Waals surface area contributed by atoms with Gasteiger partial charge in [-0.25, -0.2) is 0 Å². The van der Waals surface area contributed by atoms with E-state index in [0.29, 0.717) is 12.2 Å². The summed E-state index contributed by atoms with van der Waals surface area (Å²) in [5.74, 6) is -0.0602. The fraction of sp³-hybridized carbons (Fsp3) is 0.278. The summed E-state index contributed by atoms with van der Waals surface area (Å²) in [4.78, 5) is 4.16. The fourth-order valence-electron chi connectivity index (χ4n) is 2.33. The molecule has 0 spiro atoms. The maximum Gasteiger partial charge on any atom is 0.573 e. The molecule has 8 heteroatoms. The van der Waals surface area contributed by atoms with Crippen molar-refractivity contribution in [3.8, 4) is 5.75 Å². The zero-order chi connectivity index (χ0) is 19.0. The van der Waals surface area contributed by atoms with Gasteiger partial charge in [-0.05, 0) is 24.1 Å². The number of nitrogens with one attached hydrogen (secondary N) is 1. The van der Waals surface area contributed by atoms with Crippen molar-refractivity contribution in [3.63, 3.8) is 0 Å². The molecule has 0 fully saturated rings. The minimum atomic E-state index is -4.73. The standard InChI is InChI=1S/C18H20F3N3O2/c1-25-12-14-7-2-4-8-15(14)24-17(22)23-11-10-13-6-3-5-9-16(13)26-18(19,20)21/h2-9H,10-12H2,1H3,(H3,22,23,24). The number of guanidine groups is 1. The van der Waals surface area contributed by atoms with Gasteiger partial charge in [0.05, 0.1) is 6.61 Å². The van der Waals surface area contributed by atoms with Crippen LogP contribution in [0.2, 0.25) is 0 Å². The molecule has 0 bridgehead atoms. The van der Waals surface area contributed by atoms with Gasteiger partial charge in [0.1, 0.15) is 5.75 Å². The number of anilines is 1. The third kappa shape index (κ3) is 6.29. The number of aliphatic imine (C=N–C) groups is 1. The number of benzene rings is 2. The molecule has 5 nitrogen and oxygen atoms in total. The molecule has 3 N–H and O–H groups in total. The maximum absolute atomic E-state index is 12.4. The van der Waals surface area contributed by atoms with Crippen LogP contribution in [0, 0.1) is 0 Å². The maximum atomic E-state index is 12.4. The molecule has 0 amide bonds. The monoisotopic (exact) mass is 367 g/mol. The van der Waals surface area contributed by atoms with E-state index in [1.807, 2.05) is 24.3 Å². The lowest BCUT2D eigenvalue weighted by Crippen LogP contribution is -2.24. The summed E-state index contributed by atoms with van der Waals surface area (Å²) < 4.78 is 46.4. The Morgan fingerprint density at radius 1 is 1.08 bits per heavy atom. The van der Waals surface area contributed by atoms with Crippen molar-refractivity contribution in [2.75, 3.05) is 19.0 Å². The number of hydrogen-bond donors (Lipinski definition) is 2. The minimum Gasteiger partial charge on any atom is -0.406 e. The van der Waals surface area contributed by atoms with Crippen LogP contribution in [0.1, 0.15) is 11.1 Å². The lowest BCUT2D eigenvalue weighted by Gasteiger charge is -2.13. The molecule has 0 unspecified atom stereocenters. The topological polar surface area (TPSA) is 68.9 Å². The van der Waals surface area contributed by atoms with Gasteiger partial charge in [-0.1, -0.05) is 36.4 Å². The summed E-state index contributed by atoms with van der Waals surface area (Å²) in [5, 5.41) is 2.97. The first-order valence-corrected chi connectivity index (χ1v) is 7.86. The summed E-state index contributed by atoms with van der Waals surface area (Å²) in [6, 6.07) is 13.4. The Balaban J connectivity index is 1.99. The van der Waals surface area contributed by atoms with E-state index in [9.17, 15) is 13.2 Å². The smallest absolute Gasteiger partial charge is 0.406 e. The molecule has 0 atom stereocenters. The van der Waals surface area contributed by atoms with Crippen molar-refractivity contribution in [3.05, 3.63) is 59.7 Å². The molecule has 0 aliphatic rings. The van der Waals surface area contributed by atoms with Crippen molar-refractivity contribution in [2.24, 2.45) is 10.7 Å². The number of alkyl halides is 3. The van der Waals surface area contributed by atoms with Crippen molar-refractivity contribution < 1.29 is 22.6 Å². The van der Waals surface area contributed by atoms with E-state index >= 15 is 0 Å². The van der Waals surface area contributed by atoms with Gasteiger partial charge < -0.3 is 20.5 Å². The number of rotatable bonds is 7. The third-order valence-electron chi connectivity index (χ3n) is 3.44. The van der Waals surface area contributed by atoms with Gasteiger partial charge in [-0.3, -0.25) is 4.99 Å². The van der Waals surface area contributed by atoms with E-state index in [4.69, 9.17) is 10.5 Å². The SMILES string of the molecule is COCc1ccccc1NC(N)=NCCc1ccccc1OC(F)(F)F. The summed E-state index contributed by atoms with van der Waals surface area (Å²) in [5.41, 5.74) is 7.94. The van der Waals surface area contributed by atoms with Gasteiger partial charge in [0, 0.05) is 24.9 Å². The summed E-state index contributed by atoms with van der Waals surface area (Å²) in [6.45, 7) is 0.627. The van der Waals surface area contributed by atoms with Gasteiger partial charge in [0.25, 0.3) is 0 Å². The van der Waals surface area contributed by atoms with E-state index < -0.39 is 6.36 Å². The summed E-state index contributed by atoms with van der Waals surface area (Å²) >= 11 is 0. The van der Waals surface area contributed by atoms with Gasteiger partial charge >= 0.3 is 6.36 Å². The Kier molecular flexibility index (Phi) is 6.85. The molecular weight excluding hydrogens is 347 g/mol. The molecule has 0 heterocycles. The molecule has 2 aromatic rings. The molecule has 2 aromatic carbocycles. The molecule has 2 rings (SSSR count). The highest BCUT2D eigenvalue weighted by Gasteiger charge is 2.31. The summed E-state index contributed by atoms with van der Waals surface area (Å²) in [7, 11) is 1.59. The number of para-hydroxylation sites is 2.